The molecule has 1 aliphatic carbocycles. The lowest BCUT2D eigenvalue weighted by molar-refractivity contribution is 0.183. The lowest BCUT2D eigenvalue weighted by atomic mass is 9.78. The van der Waals surface area contributed by atoms with Crippen molar-refractivity contribution < 1.29 is 10.2 Å². The molecule has 0 heterocycles. The minimum absolute atomic E-state index is 0.0163. The maximum absolute atomic E-state index is 11.6. The van der Waals surface area contributed by atoms with Crippen molar-refractivity contribution in [2.45, 2.75) is 150 Å². The number of aromatic hydroxyl groups is 2. The Morgan fingerprint density at radius 3 is 1.27 bits per heavy atom. The Hall–Kier alpha value is -2.00. The molecule has 1 saturated carbocycles. The molecule has 0 spiro atoms. The van der Waals surface area contributed by atoms with Gasteiger partial charge in [0.2, 0.25) is 0 Å². The third-order valence-corrected chi connectivity index (χ3v) is 8.75. The van der Waals surface area contributed by atoms with Gasteiger partial charge < -0.3 is 10.2 Å². The van der Waals surface area contributed by atoms with Gasteiger partial charge in [-0.2, -0.15) is 0 Å². The van der Waals surface area contributed by atoms with Gasteiger partial charge in [0.1, 0.15) is 11.5 Å². The highest BCUT2D eigenvalue weighted by molar-refractivity contribution is 5.50. The fourth-order valence-electron chi connectivity index (χ4n) is 6.04. The highest BCUT2D eigenvalue weighted by atomic mass is 16.3. The Labute approximate surface area is 246 Å². The summed E-state index contributed by atoms with van der Waals surface area (Å²) in [6, 6.07) is 8.87. The first-order chi connectivity index (χ1) is 18.2. The molecule has 0 unspecified atom stereocenters. The summed E-state index contributed by atoms with van der Waals surface area (Å²) in [7, 11) is 0. The minimum atomic E-state index is -0.158. The van der Waals surface area contributed by atoms with Gasteiger partial charge in [0.25, 0.3) is 0 Å². The van der Waals surface area contributed by atoms with Gasteiger partial charge in [-0.3, -0.25) is 4.90 Å². The van der Waals surface area contributed by atoms with Gasteiger partial charge in [-0.25, -0.2) is 0 Å². The van der Waals surface area contributed by atoms with Crippen molar-refractivity contribution in [3.05, 3.63) is 57.6 Å². The molecule has 0 aromatic heterocycles. The second kappa shape index (κ2) is 11.7. The van der Waals surface area contributed by atoms with Crippen LogP contribution in [0.25, 0.3) is 0 Å². The molecule has 40 heavy (non-hydrogen) atoms. The molecule has 0 radical (unpaired) electrons. The van der Waals surface area contributed by atoms with Gasteiger partial charge in [-0.05, 0) is 62.7 Å². The van der Waals surface area contributed by atoms with Crippen LogP contribution < -0.4 is 0 Å². The van der Waals surface area contributed by atoms with E-state index in [0.717, 1.165) is 28.8 Å². The molecule has 2 aromatic carbocycles. The molecule has 3 rings (SSSR count). The summed E-state index contributed by atoms with van der Waals surface area (Å²) in [6.07, 6.45) is 6.47. The molecule has 0 amide bonds. The number of phenolic OH excluding ortho intramolecular Hbond substituents is 2. The third kappa shape index (κ3) is 8.05. The first-order valence-electron chi connectivity index (χ1n) is 15.6. The van der Waals surface area contributed by atoms with Crippen molar-refractivity contribution in [3.8, 4) is 11.5 Å². The SMILES string of the molecule is CC(C)(C)c1cc(CN(Cc2cc(C(C)(C)C)cc(C(C)(C)C)c2O)CC2CCCCC2)c(O)c(C(C)(C)C)c1. The second-order valence-electron chi connectivity index (χ2n) is 16.7. The second-order valence-corrected chi connectivity index (χ2v) is 16.7. The van der Waals surface area contributed by atoms with Crippen LogP contribution in [0, 0.1) is 5.92 Å². The molecular formula is C37H59NO2. The largest absolute Gasteiger partial charge is 0.507 e. The molecule has 224 valence electrons. The Morgan fingerprint density at radius 2 is 0.950 bits per heavy atom. The van der Waals surface area contributed by atoms with E-state index in [1.807, 2.05) is 0 Å². The first-order valence-corrected chi connectivity index (χ1v) is 15.6. The first kappa shape index (κ1) is 32.5. The van der Waals surface area contributed by atoms with E-state index in [-0.39, 0.29) is 21.7 Å². The van der Waals surface area contributed by atoms with Crippen LogP contribution in [-0.2, 0) is 34.7 Å². The Balaban J connectivity index is 2.13. The molecule has 0 bridgehead atoms. The number of rotatable bonds is 6. The molecule has 2 aromatic rings. The summed E-state index contributed by atoms with van der Waals surface area (Å²) in [5, 5.41) is 23.2. The van der Waals surface area contributed by atoms with E-state index in [1.54, 1.807) is 0 Å². The Bertz CT molecular complexity index is 1080. The summed E-state index contributed by atoms with van der Waals surface area (Å²) in [4.78, 5) is 2.50. The molecule has 0 aliphatic heterocycles. The Morgan fingerprint density at radius 1 is 0.575 bits per heavy atom. The van der Waals surface area contributed by atoms with Crippen LogP contribution in [-0.4, -0.2) is 21.7 Å². The monoisotopic (exact) mass is 549 g/mol. The zero-order chi connectivity index (χ0) is 30.3. The lowest BCUT2D eigenvalue weighted by Crippen LogP contribution is -2.31. The molecule has 3 heteroatoms. The predicted octanol–water partition coefficient (Wildman–Crippen LogP) is 9.87. The summed E-state index contributed by atoms with van der Waals surface area (Å²) < 4.78 is 0. The van der Waals surface area contributed by atoms with E-state index in [9.17, 15) is 10.2 Å². The van der Waals surface area contributed by atoms with E-state index in [0.29, 0.717) is 30.5 Å². The summed E-state index contributed by atoms with van der Waals surface area (Å²) in [5.74, 6) is 1.51. The maximum Gasteiger partial charge on any atom is 0.123 e. The number of hydrogen-bond donors (Lipinski definition) is 2. The van der Waals surface area contributed by atoms with Crippen LogP contribution in [0.3, 0.4) is 0 Å². The van der Waals surface area contributed by atoms with E-state index >= 15 is 0 Å². The van der Waals surface area contributed by atoms with Crippen molar-refractivity contribution >= 4 is 0 Å². The molecule has 1 aliphatic rings. The van der Waals surface area contributed by atoms with Gasteiger partial charge in [0.05, 0.1) is 0 Å². The maximum atomic E-state index is 11.6. The summed E-state index contributed by atoms with van der Waals surface area (Å²) >= 11 is 0. The van der Waals surface area contributed by atoms with E-state index in [1.165, 1.54) is 43.2 Å². The van der Waals surface area contributed by atoms with Crippen LogP contribution in [0.2, 0.25) is 0 Å². The smallest absolute Gasteiger partial charge is 0.123 e. The van der Waals surface area contributed by atoms with Gasteiger partial charge >= 0.3 is 0 Å². The number of hydrogen-bond acceptors (Lipinski definition) is 3. The summed E-state index contributed by atoms with van der Waals surface area (Å²) in [5.41, 5.74) is 6.19. The van der Waals surface area contributed by atoms with Gasteiger partial charge in [0, 0.05) is 30.8 Å². The fraction of sp³-hybridized carbons (Fsp3) is 0.676. The Kier molecular flexibility index (Phi) is 9.52. The quantitative estimate of drug-likeness (QED) is 0.377. The van der Waals surface area contributed by atoms with Crippen LogP contribution in [0.5, 0.6) is 11.5 Å². The van der Waals surface area contributed by atoms with E-state index in [4.69, 9.17) is 0 Å². The lowest BCUT2D eigenvalue weighted by Gasteiger charge is -2.33. The van der Waals surface area contributed by atoms with Crippen LogP contribution in [0.1, 0.15) is 149 Å². The molecule has 0 saturated heterocycles. The zero-order valence-corrected chi connectivity index (χ0v) is 27.9. The van der Waals surface area contributed by atoms with Crippen molar-refractivity contribution in [2.24, 2.45) is 5.92 Å². The molecule has 3 nitrogen and oxygen atoms in total. The number of phenols is 2. The molecule has 2 N–H and O–H groups in total. The molecular weight excluding hydrogens is 490 g/mol. The van der Waals surface area contributed by atoms with Crippen LogP contribution in [0.15, 0.2) is 24.3 Å². The highest BCUT2D eigenvalue weighted by Crippen LogP contribution is 2.41. The average Bonchev–Trinajstić information content (AvgIpc) is 2.79. The topological polar surface area (TPSA) is 43.7 Å². The van der Waals surface area contributed by atoms with Crippen LogP contribution in [0.4, 0.5) is 0 Å². The minimum Gasteiger partial charge on any atom is -0.507 e. The third-order valence-electron chi connectivity index (χ3n) is 8.75. The number of nitrogens with zero attached hydrogens (tertiary/aromatic N) is 1. The van der Waals surface area contributed by atoms with Crippen molar-refractivity contribution in [3.63, 3.8) is 0 Å². The molecule has 0 atom stereocenters. The fourth-order valence-corrected chi connectivity index (χ4v) is 6.04. The molecule has 1 fully saturated rings. The van der Waals surface area contributed by atoms with E-state index in [2.05, 4.69) is 112 Å². The van der Waals surface area contributed by atoms with Gasteiger partial charge in [0.15, 0.2) is 0 Å². The van der Waals surface area contributed by atoms with Crippen molar-refractivity contribution in [2.75, 3.05) is 6.54 Å². The van der Waals surface area contributed by atoms with Crippen molar-refractivity contribution in [1.82, 2.24) is 4.90 Å². The predicted molar refractivity (Wildman–Crippen MR) is 172 cm³/mol. The average molecular weight is 550 g/mol. The van der Waals surface area contributed by atoms with Crippen LogP contribution >= 0.6 is 0 Å². The van der Waals surface area contributed by atoms with Crippen molar-refractivity contribution in [1.29, 1.82) is 0 Å². The van der Waals surface area contributed by atoms with Gasteiger partial charge in [-0.15, -0.1) is 0 Å². The normalized spacial score (nSPS) is 16.1. The zero-order valence-electron chi connectivity index (χ0n) is 27.9. The standard InChI is InChI=1S/C37H59NO2/c1-34(2,3)28-18-26(32(39)30(20-28)36(7,8)9)23-38(22-25-16-14-13-15-17-25)24-27-19-29(35(4,5)6)21-31(33(27)40)37(10,11)12/h18-21,25,39-40H,13-17,22-24H2,1-12H3. The van der Waals surface area contributed by atoms with E-state index < -0.39 is 0 Å². The highest BCUT2D eigenvalue weighted by Gasteiger charge is 2.29. The summed E-state index contributed by atoms with van der Waals surface area (Å²) in [6.45, 7) is 28.9. The number of benzene rings is 2. The van der Waals surface area contributed by atoms with Gasteiger partial charge in [-0.1, -0.05) is 127 Å².